The van der Waals surface area contributed by atoms with Crippen molar-refractivity contribution in [3.63, 3.8) is 0 Å². The second kappa shape index (κ2) is 6.59. The molecule has 1 aromatic rings. The van der Waals surface area contributed by atoms with Gasteiger partial charge in [-0.2, -0.15) is 0 Å². The average molecular weight is 197 g/mol. The van der Waals surface area contributed by atoms with Crippen molar-refractivity contribution in [1.29, 1.82) is 0 Å². The van der Waals surface area contributed by atoms with Crippen molar-refractivity contribution in [2.75, 3.05) is 0 Å². The molecule has 0 aliphatic rings. The predicted molar refractivity (Wildman–Crippen MR) is 37.2 cm³/mol. The van der Waals surface area contributed by atoms with Crippen molar-refractivity contribution in [2.45, 2.75) is 4.90 Å². The van der Waals surface area contributed by atoms with Crippen LogP contribution < -0.4 is 29.6 Å². The third-order valence-electron chi connectivity index (χ3n) is 1.03. The van der Waals surface area contributed by atoms with Crippen molar-refractivity contribution in [2.24, 2.45) is 0 Å². The van der Waals surface area contributed by atoms with Gasteiger partial charge in [0, 0.05) is 4.90 Å². The van der Waals surface area contributed by atoms with E-state index in [1.807, 2.05) is 0 Å². The van der Waals surface area contributed by atoms with E-state index in [1.165, 1.54) is 24.3 Å². The van der Waals surface area contributed by atoms with E-state index in [9.17, 15) is 8.76 Å². The molecule has 2 N–H and O–H groups in total. The minimum absolute atomic E-state index is 0. The van der Waals surface area contributed by atoms with Crippen LogP contribution >= 0.6 is 0 Å². The maximum Gasteiger partial charge on any atom is 1.00 e. The van der Waals surface area contributed by atoms with Crippen LogP contribution in [-0.4, -0.2) is 19.3 Å². The van der Waals surface area contributed by atoms with Crippen LogP contribution in [0.1, 0.15) is 0 Å². The van der Waals surface area contributed by atoms with Crippen LogP contribution in [0.15, 0.2) is 29.2 Å². The van der Waals surface area contributed by atoms with E-state index < -0.39 is 11.1 Å². The first-order valence-electron chi connectivity index (χ1n) is 2.58. The molecule has 0 aliphatic carbocycles. The maximum absolute atomic E-state index is 10.2. The van der Waals surface area contributed by atoms with Gasteiger partial charge in [0.15, 0.2) is 0 Å². The van der Waals surface area contributed by atoms with Crippen LogP contribution in [0, 0.1) is 0 Å². The molecular weight excluding hydrogens is 191 g/mol. The normalized spacial score (nSPS) is 10.8. The summed E-state index contributed by atoms with van der Waals surface area (Å²) in [4.78, 5) is 0.179. The fraction of sp³-hybridized carbons (Fsp3) is 0. The minimum atomic E-state index is -2.20. The molecule has 0 spiro atoms. The first kappa shape index (κ1) is 14.6. The van der Waals surface area contributed by atoms with Crippen LogP contribution in [0.2, 0.25) is 0 Å². The topological polar surface area (TPSA) is 90.4 Å². The molecule has 0 aliphatic heterocycles. The molecule has 1 unspecified atom stereocenters. The smallest absolute Gasteiger partial charge is 0.870 e. The second-order valence-electron chi connectivity index (χ2n) is 1.73. The van der Waals surface area contributed by atoms with Gasteiger partial charge in [-0.05, 0) is 35.3 Å². The van der Waals surface area contributed by atoms with Gasteiger partial charge in [0.1, 0.15) is 5.75 Å². The van der Waals surface area contributed by atoms with E-state index in [4.69, 9.17) is 5.11 Å². The molecule has 0 aromatic heterocycles. The Hall–Kier alpha value is 0.0900. The molecule has 0 radical (unpaired) electrons. The number of phenols is 1. The number of aromatic hydroxyl groups is 1. The summed E-state index contributed by atoms with van der Waals surface area (Å²) < 4.78 is 20.5. The van der Waals surface area contributed by atoms with E-state index in [2.05, 4.69) is 0 Å². The summed E-state index contributed by atoms with van der Waals surface area (Å²) in [5.74, 6) is 0.0641. The molecule has 12 heavy (non-hydrogen) atoms. The van der Waals surface area contributed by atoms with Gasteiger partial charge in [-0.15, -0.1) is 0 Å². The van der Waals surface area contributed by atoms with E-state index in [-0.39, 0.29) is 45.7 Å². The van der Waals surface area contributed by atoms with Crippen LogP contribution in [0.3, 0.4) is 0 Å². The third-order valence-corrected chi connectivity index (χ3v) is 1.69. The number of phenolic OH excluding ortho intramolecular Hbond substituents is 1. The Kier molecular flexibility index (Phi) is 8.02. The van der Waals surface area contributed by atoms with Gasteiger partial charge in [-0.1, -0.05) is 0 Å². The molecule has 0 fully saturated rings. The number of benzene rings is 1. The van der Waals surface area contributed by atoms with Crippen LogP contribution in [0.4, 0.5) is 0 Å². The van der Waals surface area contributed by atoms with Crippen molar-refractivity contribution in [3.05, 3.63) is 24.3 Å². The first-order chi connectivity index (χ1) is 4.70. The standard InChI is InChI=1S/C6H6O3S.Na.H2O/c7-5-1-3-6(4-2-5)10(8)9;;/h1-4,7H,(H,8,9);;1H2/q;+1;/p-2. The van der Waals surface area contributed by atoms with Gasteiger partial charge >= 0.3 is 29.6 Å². The van der Waals surface area contributed by atoms with Crippen molar-refractivity contribution in [3.8, 4) is 5.75 Å². The van der Waals surface area contributed by atoms with E-state index in [1.54, 1.807) is 0 Å². The number of hydrogen-bond donors (Lipinski definition) is 1. The van der Waals surface area contributed by atoms with Crippen LogP contribution in [0.5, 0.6) is 5.75 Å². The molecule has 4 nitrogen and oxygen atoms in total. The third kappa shape index (κ3) is 4.20. The summed E-state index contributed by atoms with van der Waals surface area (Å²) in [5.41, 5.74) is 0. The van der Waals surface area contributed by atoms with Gasteiger partial charge in [-0.25, -0.2) is 0 Å². The summed E-state index contributed by atoms with van der Waals surface area (Å²) in [6.07, 6.45) is 0. The number of rotatable bonds is 1. The molecular formula is C6H6NaO4S-. The van der Waals surface area contributed by atoms with Gasteiger partial charge in [0.05, 0.1) is 0 Å². The van der Waals surface area contributed by atoms with Crippen molar-refractivity contribution < 1.29 is 48.9 Å². The summed E-state index contributed by atoms with van der Waals surface area (Å²) in [7, 11) is 0. The Bertz CT molecular complexity index is 248. The Balaban J connectivity index is 0. The fourth-order valence-corrected chi connectivity index (χ4v) is 0.916. The van der Waals surface area contributed by atoms with Gasteiger partial charge in [0.25, 0.3) is 0 Å². The van der Waals surface area contributed by atoms with Crippen LogP contribution in [-0.2, 0) is 11.1 Å². The summed E-state index contributed by atoms with van der Waals surface area (Å²) in [5, 5.41) is 8.74. The largest absolute Gasteiger partial charge is 1.00 e. The Morgan fingerprint density at radius 1 is 1.25 bits per heavy atom. The molecule has 0 saturated heterocycles. The van der Waals surface area contributed by atoms with Crippen molar-refractivity contribution in [1.82, 2.24) is 0 Å². The molecule has 6 heteroatoms. The Morgan fingerprint density at radius 2 is 1.67 bits per heavy atom. The first-order valence-corrected chi connectivity index (χ1v) is 3.66. The van der Waals surface area contributed by atoms with E-state index in [0.29, 0.717) is 0 Å². The summed E-state index contributed by atoms with van der Waals surface area (Å²) in [6.45, 7) is 0. The minimum Gasteiger partial charge on any atom is -0.870 e. The quantitative estimate of drug-likeness (QED) is 0.396. The molecule has 0 amide bonds. The maximum atomic E-state index is 10.2. The van der Waals surface area contributed by atoms with Crippen molar-refractivity contribution >= 4 is 11.1 Å². The summed E-state index contributed by atoms with van der Waals surface area (Å²) in [6, 6.07) is 5.31. The molecule has 62 valence electrons. The monoisotopic (exact) mass is 197 g/mol. The zero-order valence-electron chi connectivity index (χ0n) is 6.43. The molecule has 0 heterocycles. The molecule has 0 bridgehead atoms. The average Bonchev–Trinajstić information content (AvgIpc) is 1.88. The van der Waals surface area contributed by atoms with Gasteiger partial charge < -0.3 is 15.1 Å². The number of hydrogen-bond acceptors (Lipinski definition) is 4. The Labute approximate surface area is 94.5 Å². The summed E-state index contributed by atoms with van der Waals surface area (Å²) >= 11 is -2.20. The molecule has 1 aromatic carbocycles. The van der Waals surface area contributed by atoms with Gasteiger partial charge in [0.2, 0.25) is 0 Å². The molecule has 0 saturated carbocycles. The fourth-order valence-electron chi connectivity index (χ4n) is 0.557. The predicted octanol–water partition coefficient (Wildman–Crippen LogP) is -2.54. The zero-order chi connectivity index (χ0) is 7.56. The molecule has 1 rings (SSSR count). The Morgan fingerprint density at radius 3 is 2.00 bits per heavy atom. The van der Waals surface area contributed by atoms with E-state index in [0.717, 1.165) is 0 Å². The SMILES string of the molecule is O=S([O-])c1ccc(O)cc1.[Na+].[OH-]. The second-order valence-corrected chi connectivity index (χ2v) is 2.67. The van der Waals surface area contributed by atoms with Crippen LogP contribution in [0.25, 0.3) is 0 Å². The van der Waals surface area contributed by atoms with Gasteiger partial charge in [-0.3, -0.25) is 4.21 Å². The van der Waals surface area contributed by atoms with E-state index >= 15 is 0 Å². The molecule has 1 atom stereocenters. The zero-order valence-corrected chi connectivity index (χ0v) is 9.25.